The van der Waals surface area contributed by atoms with E-state index in [0.29, 0.717) is 6.54 Å². The highest BCUT2D eigenvalue weighted by molar-refractivity contribution is 5.85. The second-order valence-corrected chi connectivity index (χ2v) is 7.41. The summed E-state index contributed by atoms with van der Waals surface area (Å²) in [6, 6.07) is 6.66. The predicted molar refractivity (Wildman–Crippen MR) is 104 cm³/mol. The molecule has 2 saturated heterocycles. The fraction of sp³-hybridized carbons (Fsp3) is 0.500. The van der Waals surface area contributed by atoms with Crippen LogP contribution in [0.3, 0.4) is 0 Å². The van der Waals surface area contributed by atoms with E-state index in [1.165, 1.54) is 12.1 Å². The van der Waals surface area contributed by atoms with Gasteiger partial charge in [0.1, 0.15) is 5.82 Å². The number of nitrogens with one attached hydrogen (secondary N) is 1. The number of hydrogen-bond acceptors (Lipinski definition) is 3. The molecule has 2 aliphatic heterocycles. The van der Waals surface area contributed by atoms with Gasteiger partial charge in [-0.2, -0.15) is 5.10 Å². The van der Waals surface area contributed by atoms with Gasteiger partial charge in [0.2, 0.25) is 5.91 Å². The number of halogens is 2. The number of carbonyl (C=O) groups is 1. The van der Waals surface area contributed by atoms with Gasteiger partial charge >= 0.3 is 0 Å². The number of nitrogens with zero attached hydrogens (tertiary/aromatic N) is 3. The van der Waals surface area contributed by atoms with Crippen LogP contribution in [0.2, 0.25) is 0 Å². The van der Waals surface area contributed by atoms with Crippen LogP contribution in [-0.4, -0.2) is 40.2 Å². The van der Waals surface area contributed by atoms with Gasteiger partial charge in [0.05, 0.1) is 18.2 Å². The monoisotopic (exact) mass is 392 g/mol. The van der Waals surface area contributed by atoms with Crippen LogP contribution >= 0.6 is 12.4 Å². The van der Waals surface area contributed by atoms with E-state index >= 15 is 0 Å². The highest BCUT2D eigenvalue weighted by Crippen LogP contribution is 2.36. The largest absolute Gasteiger partial charge is 0.335 e. The summed E-state index contributed by atoms with van der Waals surface area (Å²) in [7, 11) is 1.90. The topological polar surface area (TPSA) is 50.2 Å². The maximum atomic E-state index is 13.4. The van der Waals surface area contributed by atoms with Crippen molar-refractivity contribution in [2.45, 2.75) is 31.2 Å². The maximum Gasteiger partial charge on any atom is 0.228 e. The Morgan fingerprint density at radius 2 is 1.96 bits per heavy atom. The Morgan fingerprint density at radius 3 is 2.67 bits per heavy atom. The molecule has 1 aromatic carbocycles. The Kier molecular flexibility index (Phi) is 6.17. The summed E-state index contributed by atoms with van der Waals surface area (Å²) in [5.74, 6) is 0.0594. The molecule has 2 aromatic rings. The molecule has 1 amide bonds. The van der Waals surface area contributed by atoms with Crippen molar-refractivity contribution in [2.75, 3.05) is 19.6 Å². The molecule has 146 valence electrons. The summed E-state index contributed by atoms with van der Waals surface area (Å²) < 4.78 is 15.1. The summed E-state index contributed by atoms with van der Waals surface area (Å²) in [6.07, 6.45) is 6.94. The number of aromatic nitrogens is 2. The van der Waals surface area contributed by atoms with Crippen molar-refractivity contribution >= 4 is 18.3 Å². The van der Waals surface area contributed by atoms with Gasteiger partial charge in [-0.05, 0) is 42.5 Å². The van der Waals surface area contributed by atoms with Crippen molar-refractivity contribution in [3.05, 3.63) is 53.6 Å². The normalized spacial score (nSPS) is 25.3. The molecular weight excluding hydrogens is 367 g/mol. The number of rotatable bonds is 3. The second kappa shape index (κ2) is 8.40. The SMILES string of the molecule is Cl.Cn1cc([C@H]2CNC[C@@H]2C(=O)N2CCCCC2c2ccc(F)cc2)cn1. The molecule has 0 aliphatic carbocycles. The van der Waals surface area contributed by atoms with Crippen molar-refractivity contribution < 1.29 is 9.18 Å². The number of aryl methyl sites for hydroxylation is 1. The number of carbonyl (C=O) groups excluding carboxylic acids is 1. The van der Waals surface area contributed by atoms with Crippen LogP contribution in [0.1, 0.15) is 42.3 Å². The molecule has 1 aromatic heterocycles. The predicted octanol–water partition coefficient (Wildman–Crippen LogP) is 3.04. The standard InChI is InChI=1S/C20H25FN4O.ClH/c1-24-13-15(10-23-24)17-11-22-12-18(17)20(26)25-9-3-2-4-19(25)14-5-7-16(21)8-6-14;/h5-8,10,13,17-19,22H,2-4,9,11-12H2,1H3;1H/t17-,18+,19?;/m1./s1. The highest BCUT2D eigenvalue weighted by atomic mass is 35.5. The lowest BCUT2D eigenvalue weighted by molar-refractivity contribution is -0.139. The second-order valence-electron chi connectivity index (χ2n) is 7.41. The highest BCUT2D eigenvalue weighted by Gasteiger charge is 2.39. The van der Waals surface area contributed by atoms with E-state index in [2.05, 4.69) is 10.4 Å². The van der Waals surface area contributed by atoms with Gasteiger partial charge in [0.15, 0.2) is 0 Å². The van der Waals surface area contributed by atoms with Crippen molar-refractivity contribution in [3.63, 3.8) is 0 Å². The first-order valence-electron chi connectivity index (χ1n) is 9.38. The van der Waals surface area contributed by atoms with Gasteiger partial charge in [-0.25, -0.2) is 4.39 Å². The molecular formula is C20H26ClFN4O. The lowest BCUT2D eigenvalue weighted by Gasteiger charge is -2.38. The minimum absolute atomic E-state index is 0. The summed E-state index contributed by atoms with van der Waals surface area (Å²) in [5, 5.41) is 7.64. The fourth-order valence-corrected chi connectivity index (χ4v) is 4.36. The van der Waals surface area contributed by atoms with Crippen LogP contribution in [0.15, 0.2) is 36.7 Å². The van der Waals surface area contributed by atoms with Gasteiger partial charge < -0.3 is 10.2 Å². The number of piperidine rings is 1. The molecule has 1 N–H and O–H groups in total. The number of likely N-dealkylation sites (tertiary alicyclic amines) is 1. The minimum atomic E-state index is -0.237. The molecule has 3 heterocycles. The Morgan fingerprint density at radius 1 is 1.19 bits per heavy atom. The molecule has 0 radical (unpaired) electrons. The third-order valence-electron chi connectivity index (χ3n) is 5.73. The van der Waals surface area contributed by atoms with Gasteiger partial charge in [0.25, 0.3) is 0 Å². The maximum absolute atomic E-state index is 13.4. The first kappa shape index (κ1) is 19.8. The van der Waals surface area contributed by atoms with Crippen LogP contribution in [0.5, 0.6) is 0 Å². The quantitative estimate of drug-likeness (QED) is 0.873. The smallest absolute Gasteiger partial charge is 0.228 e. The number of benzene rings is 1. The first-order valence-corrected chi connectivity index (χ1v) is 9.38. The van der Waals surface area contributed by atoms with Crippen LogP contribution in [0, 0.1) is 11.7 Å². The zero-order valence-electron chi connectivity index (χ0n) is 15.5. The van der Waals surface area contributed by atoms with Gasteiger partial charge in [-0.15, -0.1) is 12.4 Å². The third-order valence-corrected chi connectivity index (χ3v) is 5.73. The zero-order valence-corrected chi connectivity index (χ0v) is 16.3. The van der Waals surface area contributed by atoms with Crippen molar-refractivity contribution in [1.82, 2.24) is 20.0 Å². The van der Waals surface area contributed by atoms with Gasteiger partial charge in [-0.3, -0.25) is 9.48 Å². The Bertz CT molecular complexity index is 779. The van der Waals surface area contributed by atoms with E-state index in [0.717, 1.165) is 43.5 Å². The van der Waals surface area contributed by atoms with Crippen LogP contribution < -0.4 is 5.32 Å². The van der Waals surface area contributed by atoms with E-state index in [9.17, 15) is 9.18 Å². The molecule has 0 bridgehead atoms. The lowest BCUT2D eigenvalue weighted by Crippen LogP contribution is -2.43. The fourth-order valence-electron chi connectivity index (χ4n) is 4.36. The molecule has 1 unspecified atom stereocenters. The molecule has 2 fully saturated rings. The Hall–Kier alpha value is -1.92. The average Bonchev–Trinajstić information content (AvgIpc) is 3.30. The van der Waals surface area contributed by atoms with Crippen LogP contribution in [0.4, 0.5) is 4.39 Å². The molecule has 3 atom stereocenters. The molecule has 27 heavy (non-hydrogen) atoms. The summed E-state index contributed by atoms with van der Waals surface area (Å²) in [4.78, 5) is 15.5. The average molecular weight is 393 g/mol. The number of hydrogen-bond donors (Lipinski definition) is 1. The van der Waals surface area contributed by atoms with E-state index < -0.39 is 0 Å². The van der Waals surface area contributed by atoms with Crippen LogP contribution in [0.25, 0.3) is 0 Å². The summed E-state index contributed by atoms with van der Waals surface area (Å²) in [5.41, 5.74) is 2.15. The van der Waals surface area contributed by atoms with Crippen molar-refractivity contribution in [2.24, 2.45) is 13.0 Å². The number of amides is 1. The Labute approximate surface area is 165 Å². The van der Waals surface area contributed by atoms with E-state index in [4.69, 9.17) is 0 Å². The molecule has 5 nitrogen and oxygen atoms in total. The van der Waals surface area contributed by atoms with Gasteiger partial charge in [0, 0.05) is 38.8 Å². The van der Waals surface area contributed by atoms with E-state index in [-0.39, 0.29) is 42.0 Å². The van der Waals surface area contributed by atoms with Gasteiger partial charge in [-0.1, -0.05) is 12.1 Å². The van der Waals surface area contributed by atoms with E-state index in [1.54, 1.807) is 4.68 Å². The Balaban J connectivity index is 0.00000210. The first-order chi connectivity index (χ1) is 12.6. The molecule has 0 saturated carbocycles. The molecule has 2 aliphatic rings. The molecule has 0 spiro atoms. The van der Waals surface area contributed by atoms with Crippen molar-refractivity contribution in [1.29, 1.82) is 0 Å². The lowest BCUT2D eigenvalue weighted by atomic mass is 9.87. The summed E-state index contributed by atoms with van der Waals surface area (Å²) in [6.45, 7) is 2.28. The van der Waals surface area contributed by atoms with Crippen molar-refractivity contribution in [3.8, 4) is 0 Å². The minimum Gasteiger partial charge on any atom is -0.335 e. The summed E-state index contributed by atoms with van der Waals surface area (Å²) >= 11 is 0. The molecule has 4 rings (SSSR count). The third kappa shape index (κ3) is 4.01. The zero-order chi connectivity index (χ0) is 18.1. The molecule has 7 heteroatoms. The van der Waals surface area contributed by atoms with E-state index in [1.807, 2.05) is 36.5 Å². The van der Waals surface area contributed by atoms with Crippen LogP contribution in [-0.2, 0) is 11.8 Å².